The number of carboxylic acids is 1. The molecule has 66 valence electrons. The summed E-state index contributed by atoms with van der Waals surface area (Å²) in [6, 6.07) is 0. The van der Waals surface area contributed by atoms with Gasteiger partial charge in [-0.1, -0.05) is 0 Å². The number of hydrogen-bond acceptors (Lipinski definition) is 4. The fourth-order valence-electron chi connectivity index (χ4n) is 0.467. The normalized spacial score (nSPS) is 14.9. The van der Waals surface area contributed by atoms with Gasteiger partial charge < -0.3 is 5.11 Å². The molecule has 1 aliphatic heterocycles. The van der Waals surface area contributed by atoms with Crippen LogP contribution in [-0.4, -0.2) is 28.7 Å². The van der Waals surface area contributed by atoms with Crippen LogP contribution in [0.25, 0.3) is 0 Å². The van der Waals surface area contributed by atoms with Gasteiger partial charge in [-0.05, 0) is 0 Å². The smallest absolute Gasteiger partial charge is 0.300 e. The summed E-state index contributed by atoms with van der Waals surface area (Å²) in [6.07, 6.45) is -0.279. The molecule has 0 radical (unpaired) electrons. The van der Waals surface area contributed by atoms with Gasteiger partial charge in [-0.2, -0.15) is 0 Å². The van der Waals surface area contributed by atoms with Crippen molar-refractivity contribution in [2.45, 2.75) is 13.3 Å². The molecule has 1 aliphatic rings. The highest BCUT2D eigenvalue weighted by Crippen LogP contribution is 1.91. The molecule has 0 saturated carbocycles. The molecule has 2 amide bonds. The van der Waals surface area contributed by atoms with E-state index in [0.717, 1.165) is 6.92 Å². The Morgan fingerprint density at radius 2 is 1.83 bits per heavy atom. The maximum Gasteiger partial charge on any atom is 0.300 e. The first-order valence-corrected chi connectivity index (χ1v) is 3.00. The van der Waals surface area contributed by atoms with E-state index in [2.05, 4.69) is 0 Å². The predicted octanol–water partition coefficient (Wildman–Crippen LogP) is -1.31. The number of ketones is 1. The number of imide groups is 1. The zero-order valence-electron chi connectivity index (χ0n) is 6.29. The Morgan fingerprint density at radius 3 is 1.92 bits per heavy atom. The highest BCUT2D eigenvalue weighted by Gasteiger charge is 2.26. The van der Waals surface area contributed by atoms with E-state index in [4.69, 9.17) is 9.90 Å². The fraction of sp³-hybridized carbons (Fsp3) is 0.333. The topological polar surface area (TPSA) is 101 Å². The van der Waals surface area contributed by atoms with Crippen molar-refractivity contribution in [1.29, 1.82) is 0 Å². The Balaban J connectivity index is 0.000000261. The summed E-state index contributed by atoms with van der Waals surface area (Å²) in [6.45, 7) is 1.08. The summed E-state index contributed by atoms with van der Waals surface area (Å²) < 4.78 is 0. The van der Waals surface area contributed by atoms with Gasteiger partial charge in [-0.3, -0.25) is 24.5 Å². The molecule has 0 aromatic rings. The lowest BCUT2D eigenvalue weighted by Crippen LogP contribution is -2.21. The van der Waals surface area contributed by atoms with Gasteiger partial charge in [0.2, 0.25) is 11.7 Å². The third-order valence-corrected chi connectivity index (χ3v) is 0.827. The van der Waals surface area contributed by atoms with Crippen LogP contribution in [0.15, 0.2) is 0 Å². The van der Waals surface area contributed by atoms with Crippen LogP contribution in [0.3, 0.4) is 0 Å². The molecule has 0 atom stereocenters. The summed E-state index contributed by atoms with van der Waals surface area (Å²) in [4.78, 5) is 39.4. The Labute approximate surface area is 67.6 Å². The molecule has 1 heterocycles. The molecule has 0 unspecified atom stereocenters. The Kier molecular flexibility index (Phi) is 3.61. The number of Topliss-reactive ketones (excluding diaryl/α,β-unsaturated/α-hetero) is 1. The van der Waals surface area contributed by atoms with Crippen molar-refractivity contribution in [3.63, 3.8) is 0 Å². The van der Waals surface area contributed by atoms with Crippen molar-refractivity contribution in [2.75, 3.05) is 0 Å². The summed E-state index contributed by atoms with van der Waals surface area (Å²) >= 11 is 0. The molecule has 0 aromatic carbocycles. The van der Waals surface area contributed by atoms with E-state index in [1.54, 1.807) is 0 Å². The molecule has 2 N–H and O–H groups in total. The molecule has 0 bridgehead atoms. The van der Waals surface area contributed by atoms with Crippen LogP contribution >= 0.6 is 0 Å². The maximum absolute atomic E-state index is 10.2. The van der Waals surface area contributed by atoms with Gasteiger partial charge in [-0.25, -0.2) is 0 Å². The van der Waals surface area contributed by atoms with Crippen LogP contribution in [0.2, 0.25) is 0 Å². The molecule has 0 spiro atoms. The van der Waals surface area contributed by atoms with Gasteiger partial charge in [0.15, 0.2) is 0 Å². The Bertz CT molecular complexity index is 222. The zero-order chi connectivity index (χ0) is 9.72. The first-order chi connectivity index (χ1) is 5.43. The average Bonchev–Trinajstić information content (AvgIpc) is 2.08. The minimum absolute atomic E-state index is 0.279. The number of amides is 2. The molecular weight excluding hydrogens is 166 g/mol. The second kappa shape index (κ2) is 4.22. The SMILES string of the molecule is CC(=O)O.O=C1CC(=O)C(=O)N1. The molecular formula is C6H7NO5. The van der Waals surface area contributed by atoms with Gasteiger partial charge in [0, 0.05) is 6.92 Å². The number of carboxylic acid groups (broad SMARTS) is 1. The number of nitrogens with one attached hydrogen (secondary N) is 1. The van der Waals surface area contributed by atoms with Crippen LogP contribution in [-0.2, 0) is 19.2 Å². The van der Waals surface area contributed by atoms with Crippen molar-refractivity contribution < 1.29 is 24.3 Å². The van der Waals surface area contributed by atoms with Crippen LogP contribution in [0.4, 0.5) is 0 Å². The number of carbonyl (C=O) groups is 4. The quantitative estimate of drug-likeness (QED) is 0.269. The molecule has 0 aromatic heterocycles. The lowest BCUT2D eigenvalue weighted by molar-refractivity contribution is -0.135. The second-order valence-electron chi connectivity index (χ2n) is 2.00. The lowest BCUT2D eigenvalue weighted by Gasteiger charge is -1.78. The van der Waals surface area contributed by atoms with Crippen LogP contribution in [0.1, 0.15) is 13.3 Å². The third kappa shape index (κ3) is 4.15. The highest BCUT2D eigenvalue weighted by molar-refractivity contribution is 6.46. The molecule has 6 heteroatoms. The van der Waals surface area contributed by atoms with E-state index >= 15 is 0 Å². The van der Waals surface area contributed by atoms with Gasteiger partial charge in [0.1, 0.15) is 0 Å². The van der Waals surface area contributed by atoms with Gasteiger partial charge in [0.25, 0.3) is 11.9 Å². The van der Waals surface area contributed by atoms with E-state index in [-0.39, 0.29) is 6.42 Å². The highest BCUT2D eigenvalue weighted by atomic mass is 16.4. The molecule has 1 fully saturated rings. The second-order valence-corrected chi connectivity index (χ2v) is 2.00. The van der Waals surface area contributed by atoms with Crippen LogP contribution in [0.5, 0.6) is 0 Å². The molecule has 12 heavy (non-hydrogen) atoms. The molecule has 0 aliphatic carbocycles. The first kappa shape index (κ1) is 10.3. The minimum atomic E-state index is -0.833. The van der Waals surface area contributed by atoms with E-state index in [0.29, 0.717) is 0 Å². The van der Waals surface area contributed by atoms with Gasteiger partial charge >= 0.3 is 0 Å². The zero-order valence-corrected chi connectivity index (χ0v) is 6.29. The lowest BCUT2D eigenvalue weighted by atomic mass is 10.3. The fourth-order valence-corrected chi connectivity index (χ4v) is 0.467. The van der Waals surface area contributed by atoms with E-state index in [1.165, 1.54) is 0 Å². The Morgan fingerprint density at radius 1 is 1.42 bits per heavy atom. The van der Waals surface area contributed by atoms with E-state index < -0.39 is 23.6 Å². The van der Waals surface area contributed by atoms with Crippen molar-refractivity contribution in [1.82, 2.24) is 5.32 Å². The van der Waals surface area contributed by atoms with Crippen molar-refractivity contribution in [2.24, 2.45) is 0 Å². The molecule has 6 nitrogen and oxygen atoms in total. The Hall–Kier alpha value is -1.72. The third-order valence-electron chi connectivity index (χ3n) is 0.827. The van der Waals surface area contributed by atoms with Crippen LogP contribution in [0, 0.1) is 0 Å². The number of hydrogen-bond donors (Lipinski definition) is 2. The van der Waals surface area contributed by atoms with Gasteiger partial charge in [-0.15, -0.1) is 0 Å². The average molecular weight is 173 g/mol. The monoisotopic (exact) mass is 173 g/mol. The van der Waals surface area contributed by atoms with Crippen molar-refractivity contribution in [3.05, 3.63) is 0 Å². The summed E-state index contributed by atoms with van der Waals surface area (Å²) in [7, 11) is 0. The number of carbonyl (C=O) groups excluding carboxylic acids is 3. The summed E-state index contributed by atoms with van der Waals surface area (Å²) in [5.74, 6) is -2.76. The predicted molar refractivity (Wildman–Crippen MR) is 36.1 cm³/mol. The van der Waals surface area contributed by atoms with Crippen molar-refractivity contribution in [3.8, 4) is 0 Å². The van der Waals surface area contributed by atoms with Gasteiger partial charge in [0.05, 0.1) is 6.42 Å². The maximum atomic E-state index is 10.2. The number of rotatable bonds is 0. The van der Waals surface area contributed by atoms with Crippen molar-refractivity contribution >= 4 is 23.6 Å². The molecule has 1 saturated heterocycles. The summed E-state index contributed by atoms with van der Waals surface area (Å²) in [5.41, 5.74) is 0. The minimum Gasteiger partial charge on any atom is -0.481 e. The number of aliphatic carboxylic acids is 1. The van der Waals surface area contributed by atoms with E-state index in [9.17, 15) is 14.4 Å². The van der Waals surface area contributed by atoms with E-state index in [1.807, 2.05) is 5.32 Å². The molecule has 1 rings (SSSR count). The summed E-state index contributed by atoms with van der Waals surface area (Å²) in [5, 5.41) is 9.26. The van der Waals surface area contributed by atoms with Crippen LogP contribution < -0.4 is 5.32 Å². The standard InChI is InChI=1S/C4H3NO3.C2H4O2/c6-2-1-3(7)5-4(2)8;1-2(3)4/h1H2,(H,5,7,8);1H3,(H,3,4). The largest absolute Gasteiger partial charge is 0.481 e. The first-order valence-electron chi connectivity index (χ1n) is 3.00.